The lowest BCUT2D eigenvalue weighted by Crippen LogP contribution is -2.34. The lowest BCUT2D eigenvalue weighted by atomic mass is 10.1. The van der Waals surface area contributed by atoms with Gasteiger partial charge in [0.1, 0.15) is 11.6 Å². The second-order valence-corrected chi connectivity index (χ2v) is 7.07. The smallest absolute Gasteiger partial charge is 0.315 e. The van der Waals surface area contributed by atoms with E-state index < -0.39 is 0 Å². The number of rotatable bonds is 8. The third-order valence-corrected chi connectivity index (χ3v) is 4.74. The Bertz CT molecular complexity index is 1150. The van der Waals surface area contributed by atoms with Gasteiger partial charge in [-0.15, -0.1) is 0 Å². The Morgan fingerprint density at radius 1 is 0.938 bits per heavy atom. The molecule has 162 valence electrons. The van der Waals surface area contributed by atoms with Crippen molar-refractivity contribution < 1.29 is 13.9 Å². The molecule has 0 aliphatic heterocycles. The molecule has 8 heteroatoms. The monoisotopic (exact) mass is 431 g/mol. The molecule has 0 unspecified atom stereocenters. The van der Waals surface area contributed by atoms with E-state index in [2.05, 4.69) is 20.7 Å². The number of ether oxygens (including phenoxy) is 1. The van der Waals surface area contributed by atoms with E-state index in [0.29, 0.717) is 31.3 Å². The highest BCUT2D eigenvalue weighted by Crippen LogP contribution is 2.19. The van der Waals surface area contributed by atoms with E-state index in [1.165, 1.54) is 24.3 Å². The minimum atomic E-state index is -0.327. The Labute approximate surface area is 184 Å². The first-order valence-corrected chi connectivity index (χ1v) is 10.1. The van der Waals surface area contributed by atoms with Crippen molar-refractivity contribution in [2.24, 2.45) is 0 Å². The van der Waals surface area contributed by atoms with Gasteiger partial charge in [-0.1, -0.05) is 30.3 Å². The number of aromatic nitrogens is 3. The third-order valence-electron chi connectivity index (χ3n) is 4.74. The van der Waals surface area contributed by atoms with Crippen LogP contribution in [0.5, 0.6) is 11.6 Å². The predicted octanol–water partition coefficient (Wildman–Crippen LogP) is 4.26. The maximum atomic E-state index is 13.0. The first kappa shape index (κ1) is 21.0. The van der Waals surface area contributed by atoms with E-state index in [9.17, 15) is 9.18 Å². The van der Waals surface area contributed by atoms with Gasteiger partial charge in [0, 0.05) is 37.7 Å². The summed E-state index contributed by atoms with van der Waals surface area (Å²) >= 11 is 0. The van der Waals surface area contributed by atoms with E-state index >= 15 is 0 Å². The van der Waals surface area contributed by atoms with E-state index in [-0.39, 0.29) is 11.8 Å². The summed E-state index contributed by atoms with van der Waals surface area (Å²) in [6.45, 7) is 1.38. The standard InChI is InChI=1S/C24H22FN5O2/c25-21-7-9-22(10-8-21)32-23-11-6-18(14-26-23)15-27-24(31)28-16-19-4-1-2-5-20(19)17-30-13-3-12-29-30/h1-14H,15-17H2,(H2,27,28,31). The number of pyridine rings is 1. The number of hydrogen-bond acceptors (Lipinski definition) is 4. The highest BCUT2D eigenvalue weighted by atomic mass is 19.1. The van der Waals surface area contributed by atoms with Gasteiger partial charge >= 0.3 is 6.03 Å². The molecule has 0 aliphatic carbocycles. The molecule has 4 aromatic rings. The van der Waals surface area contributed by atoms with Crippen LogP contribution in [0.4, 0.5) is 9.18 Å². The van der Waals surface area contributed by atoms with Crippen LogP contribution in [0.15, 0.2) is 85.3 Å². The summed E-state index contributed by atoms with van der Waals surface area (Å²) in [5.74, 6) is 0.557. The van der Waals surface area contributed by atoms with Crippen molar-refractivity contribution in [1.29, 1.82) is 0 Å². The van der Waals surface area contributed by atoms with Gasteiger partial charge in [-0.2, -0.15) is 5.10 Å². The number of halogens is 1. The van der Waals surface area contributed by atoms with Crippen LogP contribution in [0.1, 0.15) is 16.7 Å². The van der Waals surface area contributed by atoms with Crippen LogP contribution in [0.3, 0.4) is 0 Å². The number of nitrogens with one attached hydrogen (secondary N) is 2. The van der Waals surface area contributed by atoms with Crippen LogP contribution >= 0.6 is 0 Å². The largest absolute Gasteiger partial charge is 0.439 e. The Kier molecular flexibility index (Phi) is 6.72. The normalized spacial score (nSPS) is 10.5. The van der Waals surface area contributed by atoms with Crippen molar-refractivity contribution in [3.8, 4) is 11.6 Å². The first-order chi connectivity index (χ1) is 15.7. The molecule has 2 N–H and O–H groups in total. The number of nitrogens with zero attached hydrogens (tertiary/aromatic N) is 3. The molecular weight excluding hydrogens is 409 g/mol. The second kappa shape index (κ2) is 10.2. The molecule has 2 aromatic heterocycles. The number of carbonyl (C=O) groups excluding carboxylic acids is 1. The average molecular weight is 431 g/mol. The van der Waals surface area contributed by atoms with E-state index in [0.717, 1.165) is 16.7 Å². The average Bonchev–Trinajstić information content (AvgIpc) is 3.33. The molecule has 0 saturated heterocycles. The molecule has 0 radical (unpaired) electrons. The quantitative estimate of drug-likeness (QED) is 0.437. The van der Waals surface area contributed by atoms with E-state index in [1.54, 1.807) is 18.5 Å². The molecule has 0 atom stereocenters. The zero-order chi connectivity index (χ0) is 22.2. The fourth-order valence-corrected chi connectivity index (χ4v) is 3.07. The zero-order valence-electron chi connectivity index (χ0n) is 17.2. The summed E-state index contributed by atoms with van der Waals surface area (Å²) in [7, 11) is 0. The van der Waals surface area contributed by atoms with Crippen molar-refractivity contribution >= 4 is 6.03 Å². The highest BCUT2D eigenvalue weighted by molar-refractivity contribution is 5.73. The Morgan fingerprint density at radius 3 is 2.44 bits per heavy atom. The number of urea groups is 1. The van der Waals surface area contributed by atoms with Gasteiger partial charge in [-0.05, 0) is 47.0 Å². The summed E-state index contributed by atoms with van der Waals surface area (Å²) < 4.78 is 20.4. The molecule has 4 rings (SSSR count). The first-order valence-electron chi connectivity index (χ1n) is 10.1. The maximum Gasteiger partial charge on any atom is 0.315 e. The molecule has 0 spiro atoms. The molecule has 32 heavy (non-hydrogen) atoms. The fraction of sp³-hybridized carbons (Fsp3) is 0.125. The Balaban J connectivity index is 1.25. The molecule has 2 aromatic carbocycles. The number of carbonyl (C=O) groups is 1. The zero-order valence-corrected chi connectivity index (χ0v) is 17.2. The molecule has 0 aliphatic rings. The second-order valence-electron chi connectivity index (χ2n) is 7.07. The van der Waals surface area contributed by atoms with Gasteiger partial charge in [0.15, 0.2) is 0 Å². The Hall–Kier alpha value is -4.20. The molecule has 0 saturated carbocycles. The van der Waals surface area contributed by atoms with Crippen LogP contribution in [0.2, 0.25) is 0 Å². The minimum absolute atomic E-state index is 0.273. The number of benzene rings is 2. The van der Waals surface area contributed by atoms with Crippen molar-refractivity contribution in [1.82, 2.24) is 25.4 Å². The molecule has 2 amide bonds. The van der Waals surface area contributed by atoms with Crippen molar-refractivity contribution in [3.05, 3.63) is 108 Å². The topological polar surface area (TPSA) is 81.1 Å². The van der Waals surface area contributed by atoms with Crippen LogP contribution < -0.4 is 15.4 Å². The van der Waals surface area contributed by atoms with Gasteiger partial charge in [-0.3, -0.25) is 4.68 Å². The van der Waals surface area contributed by atoms with E-state index in [1.807, 2.05) is 47.3 Å². The third kappa shape index (κ3) is 5.91. The van der Waals surface area contributed by atoms with Gasteiger partial charge in [0.25, 0.3) is 0 Å². The highest BCUT2D eigenvalue weighted by Gasteiger charge is 2.06. The number of amides is 2. The molecule has 7 nitrogen and oxygen atoms in total. The summed E-state index contributed by atoms with van der Waals surface area (Å²) in [4.78, 5) is 16.5. The summed E-state index contributed by atoms with van der Waals surface area (Å²) in [6, 6.07) is 18.8. The Morgan fingerprint density at radius 2 is 1.72 bits per heavy atom. The minimum Gasteiger partial charge on any atom is -0.439 e. The summed E-state index contributed by atoms with van der Waals surface area (Å²) in [5, 5.41) is 9.93. The molecule has 0 bridgehead atoms. The van der Waals surface area contributed by atoms with Crippen molar-refractivity contribution in [2.75, 3.05) is 0 Å². The summed E-state index contributed by atoms with van der Waals surface area (Å²) in [5.41, 5.74) is 2.95. The predicted molar refractivity (Wildman–Crippen MR) is 118 cm³/mol. The van der Waals surface area contributed by atoms with Gasteiger partial charge in [0.05, 0.1) is 6.54 Å². The van der Waals surface area contributed by atoms with Crippen LogP contribution in [0.25, 0.3) is 0 Å². The fourth-order valence-electron chi connectivity index (χ4n) is 3.07. The van der Waals surface area contributed by atoms with Crippen molar-refractivity contribution in [2.45, 2.75) is 19.6 Å². The van der Waals surface area contributed by atoms with Crippen LogP contribution in [0, 0.1) is 5.82 Å². The molecular formula is C24H22FN5O2. The number of hydrogen-bond donors (Lipinski definition) is 2. The maximum absolute atomic E-state index is 13.0. The lowest BCUT2D eigenvalue weighted by Gasteiger charge is -2.12. The van der Waals surface area contributed by atoms with Gasteiger partial charge in [-0.25, -0.2) is 14.2 Å². The summed E-state index contributed by atoms with van der Waals surface area (Å²) in [6.07, 6.45) is 5.27. The molecule has 2 heterocycles. The van der Waals surface area contributed by atoms with Crippen molar-refractivity contribution in [3.63, 3.8) is 0 Å². The molecule has 0 fully saturated rings. The lowest BCUT2D eigenvalue weighted by molar-refractivity contribution is 0.240. The SMILES string of the molecule is O=C(NCc1ccc(Oc2ccc(F)cc2)nc1)NCc1ccccc1Cn1cccn1. The van der Waals surface area contributed by atoms with Crippen LogP contribution in [-0.2, 0) is 19.6 Å². The van der Waals surface area contributed by atoms with Crippen LogP contribution in [-0.4, -0.2) is 20.8 Å². The van der Waals surface area contributed by atoms with Gasteiger partial charge < -0.3 is 15.4 Å². The van der Waals surface area contributed by atoms with E-state index in [4.69, 9.17) is 4.74 Å². The van der Waals surface area contributed by atoms with Gasteiger partial charge in [0.2, 0.25) is 5.88 Å².